The van der Waals surface area contributed by atoms with Gasteiger partial charge in [-0.25, -0.2) is 0 Å². The molecule has 0 aromatic heterocycles. The number of halogens is 6. The van der Waals surface area contributed by atoms with E-state index in [9.17, 15) is 26.3 Å². The van der Waals surface area contributed by atoms with Gasteiger partial charge >= 0.3 is 12.4 Å². The molecule has 0 saturated carbocycles. The molecule has 0 aromatic carbocycles. The van der Waals surface area contributed by atoms with E-state index >= 15 is 0 Å². The zero-order chi connectivity index (χ0) is 14.7. The number of alkyl halides is 6. The van der Waals surface area contributed by atoms with Crippen molar-refractivity contribution in [2.75, 3.05) is 6.61 Å². The quantitative estimate of drug-likeness (QED) is 0.677. The van der Waals surface area contributed by atoms with Crippen LogP contribution in [0.5, 0.6) is 0 Å². The highest BCUT2D eigenvalue weighted by atomic mass is 19.4. The Balaban J connectivity index is 4.65. The van der Waals surface area contributed by atoms with Gasteiger partial charge in [-0.2, -0.15) is 26.3 Å². The Hall–Kier alpha value is -0.460. The molecule has 0 aliphatic heterocycles. The van der Waals surface area contributed by atoms with Crippen LogP contribution in [-0.4, -0.2) is 25.1 Å². The molecular formula is C11H18F6O. The first-order valence-electron chi connectivity index (χ1n) is 5.62. The van der Waals surface area contributed by atoms with Crippen LogP contribution in [-0.2, 0) is 4.74 Å². The first-order valence-corrected chi connectivity index (χ1v) is 5.62. The number of hydrogen-bond acceptors (Lipinski definition) is 1. The minimum absolute atomic E-state index is 0.102. The summed E-state index contributed by atoms with van der Waals surface area (Å²) in [6.07, 6.45) is -12.6. The molecule has 18 heavy (non-hydrogen) atoms. The molecule has 0 bridgehead atoms. The van der Waals surface area contributed by atoms with Gasteiger partial charge in [0, 0.05) is 6.61 Å². The van der Waals surface area contributed by atoms with Crippen LogP contribution in [0.3, 0.4) is 0 Å². The van der Waals surface area contributed by atoms with Crippen molar-refractivity contribution < 1.29 is 31.1 Å². The zero-order valence-corrected chi connectivity index (χ0v) is 10.7. The fourth-order valence-corrected chi connectivity index (χ4v) is 1.31. The van der Waals surface area contributed by atoms with Crippen molar-refractivity contribution >= 4 is 0 Å². The normalized spacial score (nSPS) is 17.3. The second-order valence-corrected chi connectivity index (χ2v) is 4.82. The largest absolute Gasteiger partial charge is 0.403 e. The van der Waals surface area contributed by atoms with E-state index in [2.05, 4.69) is 0 Å². The van der Waals surface area contributed by atoms with Gasteiger partial charge in [0.2, 0.25) is 0 Å². The summed E-state index contributed by atoms with van der Waals surface area (Å²) >= 11 is 0. The molecule has 7 heteroatoms. The van der Waals surface area contributed by atoms with Crippen molar-refractivity contribution in [2.24, 2.45) is 17.8 Å². The summed E-state index contributed by atoms with van der Waals surface area (Å²) in [5, 5.41) is 0. The summed E-state index contributed by atoms with van der Waals surface area (Å²) in [5.74, 6) is -3.41. The van der Waals surface area contributed by atoms with Crippen LogP contribution in [0.25, 0.3) is 0 Å². The monoisotopic (exact) mass is 280 g/mol. The Labute approximate surface area is 102 Å². The summed E-state index contributed by atoms with van der Waals surface area (Å²) in [5.41, 5.74) is 0. The lowest BCUT2D eigenvalue weighted by Gasteiger charge is -2.29. The third kappa shape index (κ3) is 5.46. The third-order valence-electron chi connectivity index (χ3n) is 2.93. The van der Waals surface area contributed by atoms with Crippen LogP contribution in [0.15, 0.2) is 0 Å². The van der Waals surface area contributed by atoms with Gasteiger partial charge in [0.1, 0.15) is 0 Å². The average Bonchev–Trinajstić information content (AvgIpc) is 2.08. The van der Waals surface area contributed by atoms with Gasteiger partial charge in [-0.1, -0.05) is 20.8 Å². The number of ether oxygens (including phenoxy) is 1. The molecule has 0 aliphatic carbocycles. The second-order valence-electron chi connectivity index (χ2n) is 4.82. The van der Waals surface area contributed by atoms with Gasteiger partial charge in [0.25, 0.3) is 0 Å². The maximum absolute atomic E-state index is 12.3. The molecule has 0 spiro atoms. The Morgan fingerprint density at radius 2 is 1.22 bits per heavy atom. The number of rotatable bonds is 5. The van der Waals surface area contributed by atoms with Gasteiger partial charge in [0.15, 0.2) is 5.92 Å². The van der Waals surface area contributed by atoms with E-state index in [4.69, 9.17) is 4.74 Å². The van der Waals surface area contributed by atoms with Gasteiger partial charge in [-0.15, -0.1) is 0 Å². The molecule has 1 nitrogen and oxygen atoms in total. The van der Waals surface area contributed by atoms with Crippen molar-refractivity contribution in [1.82, 2.24) is 0 Å². The summed E-state index contributed by atoms with van der Waals surface area (Å²) in [4.78, 5) is 0. The van der Waals surface area contributed by atoms with Gasteiger partial charge < -0.3 is 4.74 Å². The van der Waals surface area contributed by atoms with Crippen molar-refractivity contribution in [3.8, 4) is 0 Å². The van der Waals surface area contributed by atoms with Crippen LogP contribution < -0.4 is 0 Å². The van der Waals surface area contributed by atoms with Crippen LogP contribution in [0.4, 0.5) is 26.3 Å². The van der Waals surface area contributed by atoms with Gasteiger partial charge in [-0.3, -0.25) is 0 Å². The first-order chi connectivity index (χ1) is 7.87. The van der Waals surface area contributed by atoms with E-state index in [0.29, 0.717) is 0 Å². The molecule has 0 aromatic rings. The second kappa shape index (κ2) is 6.12. The lowest BCUT2D eigenvalue weighted by Crippen LogP contribution is -2.45. The topological polar surface area (TPSA) is 9.23 Å². The Bertz CT molecular complexity index is 231. The van der Waals surface area contributed by atoms with Crippen molar-refractivity contribution in [3.63, 3.8) is 0 Å². The molecular weight excluding hydrogens is 262 g/mol. The highest BCUT2D eigenvalue weighted by Crippen LogP contribution is 2.42. The lowest BCUT2D eigenvalue weighted by molar-refractivity contribution is -0.309. The zero-order valence-electron chi connectivity index (χ0n) is 10.7. The molecule has 0 amide bonds. The molecule has 0 saturated heterocycles. The van der Waals surface area contributed by atoms with E-state index in [1.807, 2.05) is 13.8 Å². The Morgan fingerprint density at radius 3 is 1.50 bits per heavy atom. The molecule has 2 unspecified atom stereocenters. The molecule has 0 radical (unpaired) electrons. The molecule has 0 N–H and O–H groups in total. The van der Waals surface area contributed by atoms with Gasteiger partial charge in [0.05, 0.1) is 6.10 Å². The highest BCUT2D eigenvalue weighted by Gasteiger charge is 2.59. The third-order valence-corrected chi connectivity index (χ3v) is 2.93. The maximum atomic E-state index is 12.3. The van der Waals surface area contributed by atoms with Crippen molar-refractivity contribution in [3.05, 3.63) is 0 Å². The fourth-order valence-electron chi connectivity index (χ4n) is 1.31. The molecule has 0 fully saturated rings. The molecule has 0 rings (SSSR count). The van der Waals surface area contributed by atoms with Gasteiger partial charge in [-0.05, 0) is 18.8 Å². The Kier molecular flexibility index (Phi) is 5.97. The average molecular weight is 280 g/mol. The molecule has 110 valence electrons. The number of hydrogen-bond donors (Lipinski definition) is 0. The van der Waals surface area contributed by atoms with E-state index in [1.54, 1.807) is 6.92 Å². The predicted octanol–water partition coefficient (Wildman–Crippen LogP) is 4.42. The summed E-state index contributed by atoms with van der Waals surface area (Å²) in [6.45, 7) is 6.04. The highest BCUT2D eigenvalue weighted by molar-refractivity contribution is 4.81. The Morgan fingerprint density at radius 1 is 0.833 bits per heavy atom. The SMILES string of the molecule is CC(C)C(C)COC(C)C(C(F)(F)F)C(F)(F)F. The van der Waals surface area contributed by atoms with Crippen LogP contribution in [0.1, 0.15) is 27.7 Å². The van der Waals surface area contributed by atoms with Crippen LogP contribution in [0.2, 0.25) is 0 Å². The summed E-state index contributed by atoms with van der Waals surface area (Å²) in [6, 6.07) is 0. The van der Waals surface area contributed by atoms with Crippen molar-refractivity contribution in [1.29, 1.82) is 0 Å². The van der Waals surface area contributed by atoms with Crippen LogP contribution in [0, 0.1) is 17.8 Å². The summed E-state index contributed by atoms with van der Waals surface area (Å²) < 4.78 is 78.8. The first kappa shape index (κ1) is 17.5. The van der Waals surface area contributed by atoms with Crippen molar-refractivity contribution in [2.45, 2.75) is 46.2 Å². The van der Waals surface area contributed by atoms with Crippen LogP contribution >= 0.6 is 0 Å². The smallest absolute Gasteiger partial charge is 0.377 e. The van der Waals surface area contributed by atoms with E-state index < -0.39 is 24.4 Å². The maximum Gasteiger partial charge on any atom is 0.403 e. The molecule has 0 heterocycles. The minimum Gasteiger partial charge on any atom is -0.377 e. The van der Waals surface area contributed by atoms with E-state index in [-0.39, 0.29) is 18.4 Å². The van der Waals surface area contributed by atoms with E-state index in [0.717, 1.165) is 6.92 Å². The summed E-state index contributed by atoms with van der Waals surface area (Å²) in [7, 11) is 0. The molecule has 0 aliphatic rings. The lowest BCUT2D eigenvalue weighted by atomic mass is 9.98. The molecule has 2 atom stereocenters. The standard InChI is InChI=1S/C11H18F6O/c1-6(2)7(3)5-18-8(4)9(10(12,13)14)11(15,16)17/h6-9H,5H2,1-4H3. The minimum atomic E-state index is -5.35. The van der Waals surface area contributed by atoms with E-state index in [1.165, 1.54) is 0 Å². The predicted molar refractivity (Wildman–Crippen MR) is 55.0 cm³/mol. The fraction of sp³-hybridized carbons (Fsp3) is 1.00.